The zero-order valence-corrected chi connectivity index (χ0v) is 5.65. The molecule has 0 aliphatic carbocycles. The maximum Gasteiger partial charge on any atom is 0.0957 e. The van der Waals surface area contributed by atoms with Crippen LogP contribution in [0.25, 0.3) is 0 Å². The van der Waals surface area contributed by atoms with Gasteiger partial charge in [-0.2, -0.15) is 0 Å². The minimum absolute atomic E-state index is 0.714. The number of hydrogen-bond acceptors (Lipinski definition) is 1. The van der Waals surface area contributed by atoms with Crippen molar-refractivity contribution >= 4 is 0 Å². The van der Waals surface area contributed by atoms with Crippen LogP contribution in [0.5, 0.6) is 0 Å². The molecule has 0 amide bonds. The van der Waals surface area contributed by atoms with E-state index in [1.165, 1.54) is 13.1 Å². The van der Waals surface area contributed by atoms with Gasteiger partial charge in [0, 0.05) is 6.54 Å². The van der Waals surface area contributed by atoms with E-state index in [1.54, 1.807) is 0 Å². The van der Waals surface area contributed by atoms with Crippen LogP contribution in [0.2, 0.25) is 0 Å². The molecule has 8 heavy (non-hydrogen) atoms. The Hall–Kier alpha value is -0.0800. The van der Waals surface area contributed by atoms with Gasteiger partial charge in [-0.3, -0.25) is 0 Å². The molecular formula is C6H15N2+. The highest BCUT2D eigenvalue weighted by Crippen LogP contribution is 1.81. The Labute approximate surface area is 50.7 Å². The quantitative estimate of drug-likeness (QED) is 0.413. The van der Waals surface area contributed by atoms with Crippen molar-refractivity contribution in [3.8, 4) is 0 Å². The standard InChI is InChI=1S/C6H14N2/c1-5-3-8-6(2)4-7-5/h5-8H,3-4H2,1-2H3/p+1/t5-,6+. The molecule has 0 bridgehead atoms. The first-order chi connectivity index (χ1) is 3.79. The summed E-state index contributed by atoms with van der Waals surface area (Å²) in [6.07, 6.45) is 0. The Morgan fingerprint density at radius 1 is 1.50 bits per heavy atom. The topological polar surface area (TPSA) is 28.6 Å². The van der Waals surface area contributed by atoms with Gasteiger partial charge in [-0.05, 0) is 13.8 Å². The van der Waals surface area contributed by atoms with Crippen molar-refractivity contribution < 1.29 is 5.32 Å². The van der Waals surface area contributed by atoms with E-state index >= 15 is 0 Å². The summed E-state index contributed by atoms with van der Waals surface area (Å²) in [6.45, 7) is 6.88. The molecule has 2 atom stereocenters. The molecule has 0 unspecified atom stereocenters. The van der Waals surface area contributed by atoms with Crippen molar-refractivity contribution in [1.29, 1.82) is 0 Å². The van der Waals surface area contributed by atoms with E-state index in [4.69, 9.17) is 0 Å². The number of rotatable bonds is 0. The summed E-state index contributed by atoms with van der Waals surface area (Å²) in [7, 11) is 0. The molecule has 1 aliphatic heterocycles. The van der Waals surface area contributed by atoms with Crippen LogP contribution in [0.1, 0.15) is 13.8 Å². The second-order valence-electron chi connectivity index (χ2n) is 2.76. The molecule has 1 aliphatic rings. The smallest absolute Gasteiger partial charge is 0.0957 e. The van der Waals surface area contributed by atoms with E-state index in [0.717, 1.165) is 6.04 Å². The first-order valence-electron chi connectivity index (χ1n) is 3.36. The van der Waals surface area contributed by atoms with Gasteiger partial charge in [-0.25, -0.2) is 0 Å². The van der Waals surface area contributed by atoms with Gasteiger partial charge >= 0.3 is 0 Å². The van der Waals surface area contributed by atoms with Crippen molar-refractivity contribution in [3.05, 3.63) is 0 Å². The first-order valence-corrected chi connectivity index (χ1v) is 3.36. The molecular weight excluding hydrogens is 100 g/mol. The highest BCUT2D eigenvalue weighted by molar-refractivity contribution is 4.64. The van der Waals surface area contributed by atoms with Gasteiger partial charge in [0.1, 0.15) is 0 Å². The van der Waals surface area contributed by atoms with Gasteiger partial charge in [-0.1, -0.05) is 0 Å². The zero-order chi connectivity index (χ0) is 5.98. The van der Waals surface area contributed by atoms with Crippen LogP contribution >= 0.6 is 0 Å². The van der Waals surface area contributed by atoms with Gasteiger partial charge in [0.2, 0.25) is 0 Å². The van der Waals surface area contributed by atoms with E-state index < -0.39 is 0 Å². The number of piperazine rings is 1. The lowest BCUT2D eigenvalue weighted by Crippen LogP contribution is -2.95. The summed E-state index contributed by atoms with van der Waals surface area (Å²) in [5.74, 6) is 0. The van der Waals surface area contributed by atoms with Gasteiger partial charge in [-0.15, -0.1) is 0 Å². The van der Waals surface area contributed by atoms with Crippen molar-refractivity contribution in [1.82, 2.24) is 5.32 Å². The molecule has 1 fully saturated rings. The molecule has 1 saturated heterocycles. The maximum absolute atomic E-state index is 3.40. The van der Waals surface area contributed by atoms with Crippen molar-refractivity contribution in [2.24, 2.45) is 0 Å². The minimum atomic E-state index is 0.714. The highest BCUT2D eigenvalue weighted by Gasteiger charge is 2.14. The fourth-order valence-electron chi connectivity index (χ4n) is 0.990. The molecule has 0 radical (unpaired) electrons. The van der Waals surface area contributed by atoms with Gasteiger partial charge in [0.05, 0.1) is 18.6 Å². The third-order valence-corrected chi connectivity index (χ3v) is 1.68. The Bertz CT molecular complexity index is 54.9. The highest BCUT2D eigenvalue weighted by atomic mass is 15.1. The fourth-order valence-corrected chi connectivity index (χ4v) is 0.990. The van der Waals surface area contributed by atoms with Gasteiger partial charge < -0.3 is 10.6 Å². The lowest BCUT2D eigenvalue weighted by molar-refractivity contribution is -0.693. The van der Waals surface area contributed by atoms with E-state index in [9.17, 15) is 0 Å². The second-order valence-corrected chi connectivity index (χ2v) is 2.76. The maximum atomic E-state index is 3.40. The van der Waals surface area contributed by atoms with Crippen LogP contribution in [-0.2, 0) is 0 Å². The van der Waals surface area contributed by atoms with E-state index in [-0.39, 0.29) is 0 Å². The Morgan fingerprint density at radius 2 is 2.25 bits per heavy atom. The van der Waals surface area contributed by atoms with Crippen molar-refractivity contribution in [3.63, 3.8) is 0 Å². The van der Waals surface area contributed by atoms with Crippen LogP contribution in [0.4, 0.5) is 0 Å². The second kappa shape index (κ2) is 2.46. The number of nitrogens with one attached hydrogen (secondary N) is 1. The largest absolute Gasteiger partial charge is 0.342 e. The average Bonchev–Trinajstić information content (AvgIpc) is 1.77. The first kappa shape index (κ1) is 6.05. The third kappa shape index (κ3) is 1.46. The lowest BCUT2D eigenvalue weighted by Gasteiger charge is -2.22. The van der Waals surface area contributed by atoms with Crippen LogP contribution in [0.3, 0.4) is 0 Å². The molecule has 0 aromatic rings. The van der Waals surface area contributed by atoms with Crippen LogP contribution in [0, 0.1) is 0 Å². The molecule has 48 valence electrons. The summed E-state index contributed by atoms with van der Waals surface area (Å²) < 4.78 is 0. The normalized spacial score (nSPS) is 39.8. The van der Waals surface area contributed by atoms with E-state index in [2.05, 4.69) is 24.5 Å². The predicted molar refractivity (Wildman–Crippen MR) is 33.7 cm³/mol. The molecule has 0 aromatic carbocycles. The lowest BCUT2D eigenvalue weighted by atomic mass is 10.2. The predicted octanol–water partition coefficient (Wildman–Crippen LogP) is -1.07. The summed E-state index contributed by atoms with van der Waals surface area (Å²) in [5, 5.41) is 5.79. The molecule has 0 saturated carbocycles. The molecule has 0 aromatic heterocycles. The summed E-state index contributed by atoms with van der Waals surface area (Å²) in [4.78, 5) is 0. The SMILES string of the molecule is C[C@@H]1CN[C@@H](C)C[NH2+]1. The Kier molecular flexibility index (Phi) is 1.86. The fraction of sp³-hybridized carbons (Fsp3) is 1.00. The summed E-state index contributed by atoms with van der Waals surface area (Å²) >= 11 is 0. The number of hydrogen-bond donors (Lipinski definition) is 2. The molecule has 1 heterocycles. The average molecular weight is 115 g/mol. The van der Waals surface area contributed by atoms with Crippen LogP contribution in [0.15, 0.2) is 0 Å². The molecule has 2 heteroatoms. The molecule has 2 nitrogen and oxygen atoms in total. The van der Waals surface area contributed by atoms with Crippen LogP contribution < -0.4 is 10.6 Å². The summed E-state index contributed by atoms with van der Waals surface area (Å²) in [5.41, 5.74) is 0. The van der Waals surface area contributed by atoms with Gasteiger partial charge in [0.15, 0.2) is 0 Å². The third-order valence-electron chi connectivity index (χ3n) is 1.68. The number of nitrogens with two attached hydrogens (primary N) is 1. The zero-order valence-electron chi connectivity index (χ0n) is 5.65. The summed E-state index contributed by atoms with van der Waals surface area (Å²) in [6, 6.07) is 1.50. The Morgan fingerprint density at radius 3 is 2.62 bits per heavy atom. The van der Waals surface area contributed by atoms with Crippen molar-refractivity contribution in [2.75, 3.05) is 13.1 Å². The van der Waals surface area contributed by atoms with E-state index in [1.807, 2.05) is 0 Å². The van der Waals surface area contributed by atoms with Crippen molar-refractivity contribution in [2.45, 2.75) is 25.9 Å². The van der Waals surface area contributed by atoms with E-state index in [0.29, 0.717) is 6.04 Å². The Balaban J connectivity index is 2.19. The van der Waals surface area contributed by atoms with Gasteiger partial charge in [0.25, 0.3) is 0 Å². The monoisotopic (exact) mass is 115 g/mol. The molecule has 1 rings (SSSR count). The molecule has 3 N–H and O–H groups in total. The van der Waals surface area contributed by atoms with Crippen LogP contribution in [-0.4, -0.2) is 25.2 Å². The molecule has 0 spiro atoms. The minimum Gasteiger partial charge on any atom is -0.342 e. The number of quaternary nitrogens is 1.